The van der Waals surface area contributed by atoms with Gasteiger partial charge in [-0.1, -0.05) is 0 Å². The highest BCUT2D eigenvalue weighted by Crippen LogP contribution is 2.15. The lowest BCUT2D eigenvalue weighted by molar-refractivity contribution is -0.390. The van der Waals surface area contributed by atoms with Crippen LogP contribution in [0.5, 0.6) is 0 Å². The largest absolute Gasteiger partial charge is 0.392 e. The topological polar surface area (TPSA) is 78.0 Å². The zero-order chi connectivity index (χ0) is 14.9. The Kier molecular flexibility index (Phi) is 3.55. The molecule has 0 bridgehead atoms. The molecule has 0 aliphatic carbocycles. The number of aromatic nitrogens is 2. The van der Waals surface area contributed by atoms with Crippen molar-refractivity contribution in [1.29, 1.82) is 0 Å². The molecule has 1 aromatic heterocycles. The monoisotopic (exact) mass is 281 g/mol. The average Bonchev–Trinajstić information content (AvgIpc) is 2.73. The molecule has 0 radical (unpaired) electrons. The zero-order valence-electron chi connectivity index (χ0n) is 10.3. The van der Waals surface area contributed by atoms with Gasteiger partial charge in [-0.15, -0.1) is 0 Å². The van der Waals surface area contributed by atoms with E-state index >= 15 is 0 Å². The van der Waals surface area contributed by atoms with E-state index in [1.54, 1.807) is 0 Å². The summed E-state index contributed by atoms with van der Waals surface area (Å²) >= 11 is 0. The van der Waals surface area contributed by atoms with Crippen molar-refractivity contribution < 1.29 is 18.5 Å². The highest BCUT2D eigenvalue weighted by Gasteiger charge is 2.19. The van der Waals surface area contributed by atoms with E-state index in [0.29, 0.717) is 5.56 Å². The number of benzene rings is 1. The zero-order valence-corrected chi connectivity index (χ0v) is 10.3. The maximum absolute atomic E-state index is 13.0. The molecular weight excluding hydrogens is 272 g/mol. The number of Topliss-reactive ketones (excluding diaryl/α,β-unsaturated/α-hetero) is 1. The fraction of sp³-hybridized carbons (Fsp3) is 0.167. The van der Waals surface area contributed by atoms with Gasteiger partial charge in [0, 0.05) is 5.56 Å². The molecule has 0 atom stereocenters. The molecule has 8 heteroatoms. The minimum atomic E-state index is -1.13. The molecule has 20 heavy (non-hydrogen) atoms. The van der Waals surface area contributed by atoms with E-state index in [1.807, 2.05) is 0 Å². The summed E-state index contributed by atoms with van der Waals surface area (Å²) < 4.78 is 26.9. The van der Waals surface area contributed by atoms with Crippen molar-refractivity contribution in [2.24, 2.45) is 0 Å². The summed E-state index contributed by atoms with van der Waals surface area (Å²) in [5.41, 5.74) is 0.285. The molecule has 2 rings (SSSR count). The normalized spacial score (nSPS) is 10.6. The molecule has 1 aromatic carbocycles. The van der Waals surface area contributed by atoms with Crippen molar-refractivity contribution in [3.63, 3.8) is 0 Å². The van der Waals surface area contributed by atoms with Gasteiger partial charge in [-0.25, -0.2) is 8.78 Å². The summed E-state index contributed by atoms with van der Waals surface area (Å²) in [4.78, 5) is 21.8. The lowest BCUT2D eigenvalue weighted by atomic mass is 10.1. The Morgan fingerprint density at radius 3 is 2.65 bits per heavy atom. The third kappa shape index (κ3) is 2.68. The van der Waals surface area contributed by atoms with Gasteiger partial charge in [0.25, 0.3) is 0 Å². The van der Waals surface area contributed by atoms with Crippen LogP contribution in [0.1, 0.15) is 15.9 Å². The van der Waals surface area contributed by atoms with E-state index in [0.717, 1.165) is 22.9 Å². The van der Waals surface area contributed by atoms with Crippen molar-refractivity contribution >= 4 is 11.6 Å². The standard InChI is InChI=1S/C12H9F2N3O3/c1-7-5-16(15-12(7)17(19)20)6-11(18)8-2-3-9(13)10(14)4-8/h2-5H,6H2,1H3. The molecule has 0 amide bonds. The number of halogens is 2. The van der Waals surface area contributed by atoms with Gasteiger partial charge in [0.2, 0.25) is 0 Å². The SMILES string of the molecule is Cc1cn(CC(=O)c2ccc(F)c(F)c2)nc1[N+](=O)[O-]. The van der Waals surface area contributed by atoms with Crippen LogP contribution < -0.4 is 0 Å². The maximum Gasteiger partial charge on any atom is 0.392 e. The summed E-state index contributed by atoms with van der Waals surface area (Å²) in [7, 11) is 0. The van der Waals surface area contributed by atoms with Gasteiger partial charge < -0.3 is 10.1 Å². The quantitative estimate of drug-likeness (QED) is 0.489. The lowest BCUT2D eigenvalue weighted by Crippen LogP contribution is -2.11. The molecule has 0 unspecified atom stereocenters. The number of ketones is 1. The predicted octanol–water partition coefficient (Wildman–Crippen LogP) is 2.26. The van der Waals surface area contributed by atoms with Gasteiger partial charge >= 0.3 is 5.82 Å². The Labute approximate surface area is 111 Å². The van der Waals surface area contributed by atoms with Gasteiger partial charge in [-0.05, 0) is 30.0 Å². The summed E-state index contributed by atoms with van der Waals surface area (Å²) in [6, 6.07) is 2.77. The third-order valence-electron chi connectivity index (χ3n) is 2.64. The van der Waals surface area contributed by atoms with Crippen LogP contribution in [0.3, 0.4) is 0 Å². The fourth-order valence-corrected chi connectivity index (χ4v) is 1.68. The highest BCUT2D eigenvalue weighted by molar-refractivity contribution is 5.95. The molecule has 0 spiro atoms. The summed E-state index contributed by atoms with van der Waals surface area (Å²) in [5, 5.41) is 14.3. The van der Waals surface area contributed by atoms with Crippen LogP contribution in [-0.2, 0) is 6.54 Å². The second kappa shape index (κ2) is 5.16. The molecular formula is C12H9F2N3O3. The summed E-state index contributed by atoms with van der Waals surface area (Å²) in [5.74, 6) is -3.05. The molecule has 0 aliphatic rings. The van der Waals surface area contributed by atoms with E-state index in [4.69, 9.17) is 0 Å². The average molecular weight is 281 g/mol. The number of nitrogens with zero attached hydrogens (tertiary/aromatic N) is 3. The van der Waals surface area contributed by atoms with Crippen molar-refractivity contribution in [1.82, 2.24) is 9.78 Å². The van der Waals surface area contributed by atoms with Gasteiger partial charge in [0.15, 0.2) is 17.4 Å². The van der Waals surface area contributed by atoms with Crippen molar-refractivity contribution in [2.75, 3.05) is 0 Å². The number of nitro groups is 1. The van der Waals surface area contributed by atoms with Gasteiger partial charge in [-0.3, -0.25) is 4.79 Å². The first kappa shape index (κ1) is 13.8. The van der Waals surface area contributed by atoms with E-state index in [1.165, 1.54) is 13.1 Å². The number of carbonyl (C=O) groups excluding carboxylic acids is 1. The first-order valence-electron chi connectivity index (χ1n) is 5.55. The molecule has 6 nitrogen and oxygen atoms in total. The molecule has 1 heterocycles. The summed E-state index contributed by atoms with van der Waals surface area (Å²) in [6.07, 6.45) is 1.34. The minimum absolute atomic E-state index is 0.0280. The number of hydrogen-bond donors (Lipinski definition) is 0. The first-order chi connectivity index (χ1) is 9.38. The Bertz CT molecular complexity index is 697. The Balaban J connectivity index is 2.21. The minimum Gasteiger partial charge on any atom is -0.358 e. The molecule has 0 fully saturated rings. The molecule has 2 aromatic rings. The molecule has 0 N–H and O–H groups in total. The van der Waals surface area contributed by atoms with Crippen molar-refractivity contribution in [2.45, 2.75) is 13.5 Å². The van der Waals surface area contributed by atoms with Crippen LogP contribution in [0.4, 0.5) is 14.6 Å². The summed E-state index contributed by atoms with van der Waals surface area (Å²) in [6.45, 7) is 1.20. The molecule has 104 valence electrons. The van der Waals surface area contributed by atoms with Crippen molar-refractivity contribution in [3.8, 4) is 0 Å². The lowest BCUT2D eigenvalue weighted by Gasteiger charge is -2.00. The molecule has 0 aliphatic heterocycles. The van der Waals surface area contributed by atoms with Gasteiger partial charge in [0.1, 0.15) is 6.54 Å². The smallest absolute Gasteiger partial charge is 0.358 e. The number of aryl methyl sites for hydroxylation is 1. The Morgan fingerprint density at radius 1 is 1.40 bits per heavy atom. The number of hydrogen-bond acceptors (Lipinski definition) is 4. The molecule has 0 saturated heterocycles. The van der Waals surface area contributed by atoms with E-state index in [-0.39, 0.29) is 17.9 Å². The van der Waals surface area contributed by atoms with Gasteiger partial charge in [-0.2, -0.15) is 4.68 Å². The highest BCUT2D eigenvalue weighted by atomic mass is 19.2. The number of rotatable bonds is 4. The number of carbonyl (C=O) groups is 1. The van der Waals surface area contributed by atoms with E-state index < -0.39 is 22.3 Å². The van der Waals surface area contributed by atoms with Crippen LogP contribution in [-0.4, -0.2) is 20.5 Å². The fourth-order valence-electron chi connectivity index (χ4n) is 1.68. The second-order valence-corrected chi connectivity index (χ2v) is 4.14. The molecule has 0 saturated carbocycles. The third-order valence-corrected chi connectivity index (χ3v) is 2.64. The van der Waals surface area contributed by atoms with Crippen LogP contribution in [0.15, 0.2) is 24.4 Å². The van der Waals surface area contributed by atoms with Crippen LogP contribution >= 0.6 is 0 Å². The Morgan fingerprint density at radius 2 is 2.10 bits per heavy atom. The predicted molar refractivity (Wildman–Crippen MR) is 64.3 cm³/mol. The van der Waals surface area contributed by atoms with Crippen LogP contribution in [0.2, 0.25) is 0 Å². The first-order valence-corrected chi connectivity index (χ1v) is 5.55. The second-order valence-electron chi connectivity index (χ2n) is 4.14. The van der Waals surface area contributed by atoms with Gasteiger partial charge in [0.05, 0.1) is 16.9 Å². The van der Waals surface area contributed by atoms with E-state index in [9.17, 15) is 23.7 Å². The van der Waals surface area contributed by atoms with Crippen molar-refractivity contribution in [3.05, 3.63) is 57.3 Å². The Hall–Kier alpha value is -2.64. The van der Waals surface area contributed by atoms with Crippen LogP contribution in [0.25, 0.3) is 0 Å². The van der Waals surface area contributed by atoms with E-state index in [2.05, 4.69) is 5.10 Å². The maximum atomic E-state index is 13.0. The van der Waals surface area contributed by atoms with Crippen LogP contribution in [0, 0.1) is 28.7 Å².